The van der Waals surface area contributed by atoms with Gasteiger partial charge in [0.25, 0.3) is 0 Å². The molecule has 2 heteroatoms. The van der Waals surface area contributed by atoms with Gasteiger partial charge in [-0.15, -0.1) is 0 Å². The molecule has 1 aromatic carbocycles. The Morgan fingerprint density at radius 1 is 1.25 bits per heavy atom. The van der Waals surface area contributed by atoms with Gasteiger partial charge in [0.1, 0.15) is 0 Å². The van der Waals surface area contributed by atoms with Crippen molar-refractivity contribution in [2.45, 2.75) is 38.8 Å². The van der Waals surface area contributed by atoms with Crippen molar-refractivity contribution < 1.29 is 5.11 Å². The van der Waals surface area contributed by atoms with E-state index in [1.54, 1.807) is 0 Å². The van der Waals surface area contributed by atoms with Gasteiger partial charge >= 0.3 is 0 Å². The lowest BCUT2D eigenvalue weighted by Gasteiger charge is -2.36. The Balaban J connectivity index is 2.62. The maximum absolute atomic E-state index is 10.1. The second-order valence-electron chi connectivity index (χ2n) is 4.97. The van der Waals surface area contributed by atoms with Gasteiger partial charge in [-0.1, -0.05) is 37.3 Å². The normalized spacial score (nSPS) is 14.1. The summed E-state index contributed by atoms with van der Waals surface area (Å²) in [5, 5.41) is 10.1. The van der Waals surface area contributed by atoms with E-state index < -0.39 is 6.10 Å². The molecule has 1 atom stereocenters. The predicted octanol–water partition coefficient (Wildman–Crippen LogP) is 2.84. The fourth-order valence-electron chi connectivity index (χ4n) is 1.56. The molecule has 0 aliphatic rings. The largest absolute Gasteiger partial charge is 0.387 e. The van der Waals surface area contributed by atoms with Crippen molar-refractivity contribution in [2.24, 2.45) is 0 Å². The van der Waals surface area contributed by atoms with Gasteiger partial charge in [-0.25, -0.2) is 0 Å². The number of nitrogens with zero attached hydrogens (tertiary/aromatic N) is 1. The van der Waals surface area contributed by atoms with Crippen LogP contribution in [0.3, 0.4) is 0 Å². The average molecular weight is 221 g/mol. The third-order valence-electron chi connectivity index (χ3n) is 3.53. The van der Waals surface area contributed by atoms with Crippen LogP contribution in [0.5, 0.6) is 0 Å². The molecule has 0 aromatic heterocycles. The molecule has 16 heavy (non-hydrogen) atoms. The average Bonchev–Trinajstić information content (AvgIpc) is 2.30. The van der Waals surface area contributed by atoms with Gasteiger partial charge in [0.05, 0.1) is 6.10 Å². The molecule has 1 rings (SSSR count). The molecule has 0 aliphatic carbocycles. The van der Waals surface area contributed by atoms with Crippen LogP contribution in [0, 0.1) is 0 Å². The van der Waals surface area contributed by atoms with Crippen LogP contribution in [0.25, 0.3) is 0 Å². The number of β-amino-alcohol motifs (C(OH)–C–C–N with tert-alkyl or cyclic N) is 1. The topological polar surface area (TPSA) is 23.5 Å². The molecule has 90 valence electrons. The maximum Gasteiger partial charge on any atom is 0.0917 e. The highest BCUT2D eigenvalue weighted by Crippen LogP contribution is 2.21. The van der Waals surface area contributed by atoms with Crippen LogP contribution in [-0.2, 0) is 0 Å². The first-order valence-electron chi connectivity index (χ1n) is 5.91. The molecule has 0 saturated carbocycles. The molecule has 0 spiro atoms. The van der Waals surface area contributed by atoms with Crippen LogP contribution in [0.1, 0.15) is 38.9 Å². The summed E-state index contributed by atoms with van der Waals surface area (Å²) in [4.78, 5) is 2.21. The molecule has 0 saturated heterocycles. The molecule has 0 fully saturated rings. The summed E-state index contributed by atoms with van der Waals surface area (Å²) in [6, 6.07) is 9.83. The van der Waals surface area contributed by atoms with Crippen molar-refractivity contribution in [2.75, 3.05) is 13.6 Å². The molecular formula is C14H23NO. The summed E-state index contributed by atoms with van der Waals surface area (Å²) in [5.74, 6) is 0. The van der Waals surface area contributed by atoms with E-state index in [1.807, 2.05) is 30.3 Å². The van der Waals surface area contributed by atoms with Gasteiger partial charge in [-0.05, 0) is 32.9 Å². The van der Waals surface area contributed by atoms with Crippen molar-refractivity contribution in [3.05, 3.63) is 35.9 Å². The Hall–Kier alpha value is -0.860. The smallest absolute Gasteiger partial charge is 0.0917 e. The molecular weight excluding hydrogens is 198 g/mol. The van der Waals surface area contributed by atoms with Crippen molar-refractivity contribution in [3.63, 3.8) is 0 Å². The predicted molar refractivity (Wildman–Crippen MR) is 68.4 cm³/mol. The monoisotopic (exact) mass is 221 g/mol. The zero-order valence-electron chi connectivity index (χ0n) is 10.8. The van der Waals surface area contributed by atoms with Crippen molar-refractivity contribution in [3.8, 4) is 0 Å². The first-order chi connectivity index (χ1) is 7.47. The SMILES string of the molecule is CCC(C)(C)N(C)CC(O)c1ccccc1. The Morgan fingerprint density at radius 2 is 1.81 bits per heavy atom. The third kappa shape index (κ3) is 3.32. The summed E-state index contributed by atoms with van der Waals surface area (Å²) < 4.78 is 0. The maximum atomic E-state index is 10.1. The molecule has 0 aliphatic heterocycles. The molecule has 0 heterocycles. The minimum atomic E-state index is -0.406. The Kier molecular flexibility index (Phi) is 4.51. The van der Waals surface area contributed by atoms with E-state index in [-0.39, 0.29) is 5.54 Å². The fourth-order valence-corrected chi connectivity index (χ4v) is 1.56. The lowest BCUT2D eigenvalue weighted by Crippen LogP contribution is -2.42. The zero-order chi connectivity index (χ0) is 12.2. The lowest BCUT2D eigenvalue weighted by atomic mass is 9.98. The Bertz CT molecular complexity index is 308. The van der Waals surface area contributed by atoms with E-state index in [2.05, 4.69) is 32.7 Å². The number of aliphatic hydroxyl groups is 1. The van der Waals surface area contributed by atoms with Gasteiger partial charge in [-0.3, -0.25) is 4.90 Å². The highest BCUT2D eigenvalue weighted by atomic mass is 16.3. The highest BCUT2D eigenvalue weighted by molar-refractivity contribution is 5.17. The van der Waals surface area contributed by atoms with E-state index >= 15 is 0 Å². The lowest BCUT2D eigenvalue weighted by molar-refractivity contribution is 0.0686. The van der Waals surface area contributed by atoms with Crippen molar-refractivity contribution >= 4 is 0 Å². The van der Waals surface area contributed by atoms with Crippen molar-refractivity contribution in [1.82, 2.24) is 4.90 Å². The number of hydrogen-bond acceptors (Lipinski definition) is 2. The fraction of sp³-hybridized carbons (Fsp3) is 0.571. The molecule has 0 bridgehead atoms. The second kappa shape index (κ2) is 5.46. The summed E-state index contributed by atoms with van der Waals surface area (Å²) in [7, 11) is 2.07. The van der Waals surface area contributed by atoms with Crippen LogP contribution < -0.4 is 0 Å². The minimum Gasteiger partial charge on any atom is -0.387 e. The molecule has 0 amide bonds. The van der Waals surface area contributed by atoms with Gasteiger partial charge in [0.2, 0.25) is 0 Å². The van der Waals surface area contributed by atoms with Crippen LogP contribution in [0.15, 0.2) is 30.3 Å². The van der Waals surface area contributed by atoms with E-state index in [0.29, 0.717) is 6.54 Å². The summed E-state index contributed by atoms with van der Waals surface area (Å²) in [5.41, 5.74) is 1.12. The number of rotatable bonds is 5. The summed E-state index contributed by atoms with van der Waals surface area (Å²) in [6.45, 7) is 7.24. The zero-order valence-corrected chi connectivity index (χ0v) is 10.8. The van der Waals surface area contributed by atoms with Gasteiger partial charge < -0.3 is 5.11 Å². The third-order valence-corrected chi connectivity index (χ3v) is 3.53. The first-order valence-corrected chi connectivity index (χ1v) is 5.91. The molecule has 2 nitrogen and oxygen atoms in total. The highest BCUT2D eigenvalue weighted by Gasteiger charge is 2.23. The number of benzene rings is 1. The van der Waals surface area contributed by atoms with Gasteiger partial charge in [0, 0.05) is 12.1 Å². The number of hydrogen-bond donors (Lipinski definition) is 1. The van der Waals surface area contributed by atoms with Gasteiger partial charge in [0.15, 0.2) is 0 Å². The van der Waals surface area contributed by atoms with Crippen molar-refractivity contribution in [1.29, 1.82) is 0 Å². The quantitative estimate of drug-likeness (QED) is 0.826. The standard InChI is InChI=1S/C14H23NO/c1-5-14(2,3)15(4)11-13(16)12-9-7-6-8-10-12/h6-10,13,16H,5,11H2,1-4H3. The van der Waals surface area contributed by atoms with Crippen LogP contribution in [-0.4, -0.2) is 29.1 Å². The van der Waals surface area contributed by atoms with Crippen LogP contribution in [0.2, 0.25) is 0 Å². The molecule has 1 N–H and O–H groups in total. The Morgan fingerprint density at radius 3 is 2.31 bits per heavy atom. The number of aliphatic hydroxyl groups excluding tert-OH is 1. The van der Waals surface area contributed by atoms with Crippen LogP contribution in [0.4, 0.5) is 0 Å². The van der Waals surface area contributed by atoms with Gasteiger partial charge in [-0.2, -0.15) is 0 Å². The summed E-state index contributed by atoms with van der Waals surface area (Å²) in [6.07, 6.45) is 0.669. The molecule has 1 unspecified atom stereocenters. The second-order valence-corrected chi connectivity index (χ2v) is 4.97. The number of likely N-dealkylation sites (N-methyl/N-ethyl adjacent to an activating group) is 1. The van der Waals surface area contributed by atoms with Crippen LogP contribution >= 0.6 is 0 Å². The minimum absolute atomic E-state index is 0.135. The summed E-state index contributed by atoms with van der Waals surface area (Å²) >= 11 is 0. The van der Waals surface area contributed by atoms with E-state index in [9.17, 15) is 5.11 Å². The first kappa shape index (κ1) is 13.2. The molecule has 1 aromatic rings. The van der Waals surface area contributed by atoms with E-state index in [4.69, 9.17) is 0 Å². The molecule has 0 radical (unpaired) electrons. The van der Waals surface area contributed by atoms with E-state index in [0.717, 1.165) is 12.0 Å². The van der Waals surface area contributed by atoms with E-state index in [1.165, 1.54) is 0 Å². The Labute approximate surface area is 98.9 Å².